The second-order valence-corrected chi connectivity index (χ2v) is 4.45. The van der Waals surface area contributed by atoms with Gasteiger partial charge >= 0.3 is 0 Å². The summed E-state index contributed by atoms with van der Waals surface area (Å²) in [5.74, 6) is 0. The summed E-state index contributed by atoms with van der Waals surface area (Å²) in [6, 6.07) is 14.5. The van der Waals surface area contributed by atoms with Crippen LogP contribution in [0.4, 0.5) is 0 Å². The SMILES string of the molecule is CNC(c1ccccc1)c1ccc(Br)cn1. The molecule has 0 amide bonds. The maximum Gasteiger partial charge on any atom is 0.0748 e. The van der Waals surface area contributed by atoms with Crippen molar-refractivity contribution < 1.29 is 0 Å². The smallest absolute Gasteiger partial charge is 0.0748 e. The lowest BCUT2D eigenvalue weighted by atomic mass is 10.0. The van der Waals surface area contributed by atoms with E-state index in [1.54, 1.807) is 0 Å². The molecule has 0 fully saturated rings. The minimum absolute atomic E-state index is 0.147. The molecule has 0 saturated heterocycles. The second-order valence-electron chi connectivity index (χ2n) is 3.53. The number of nitrogens with one attached hydrogen (secondary N) is 1. The van der Waals surface area contributed by atoms with Crippen molar-refractivity contribution >= 4 is 15.9 Å². The van der Waals surface area contributed by atoms with E-state index in [-0.39, 0.29) is 6.04 Å². The van der Waals surface area contributed by atoms with E-state index < -0.39 is 0 Å². The van der Waals surface area contributed by atoms with E-state index in [9.17, 15) is 0 Å². The molecule has 1 aromatic carbocycles. The van der Waals surface area contributed by atoms with Gasteiger partial charge in [-0.25, -0.2) is 0 Å². The average Bonchev–Trinajstić information content (AvgIpc) is 2.34. The van der Waals surface area contributed by atoms with Gasteiger partial charge in [-0.15, -0.1) is 0 Å². The molecule has 0 spiro atoms. The van der Waals surface area contributed by atoms with Crippen LogP contribution in [0.15, 0.2) is 53.1 Å². The van der Waals surface area contributed by atoms with Crippen LogP contribution < -0.4 is 5.32 Å². The molecule has 1 N–H and O–H groups in total. The lowest BCUT2D eigenvalue weighted by molar-refractivity contribution is 0.671. The van der Waals surface area contributed by atoms with Crippen LogP contribution in [0.1, 0.15) is 17.3 Å². The fraction of sp³-hybridized carbons (Fsp3) is 0.154. The molecule has 1 atom stereocenters. The van der Waals surface area contributed by atoms with E-state index in [2.05, 4.69) is 38.4 Å². The molecule has 0 bridgehead atoms. The minimum atomic E-state index is 0.147. The van der Waals surface area contributed by atoms with Crippen LogP contribution in [-0.2, 0) is 0 Å². The zero-order chi connectivity index (χ0) is 11.4. The van der Waals surface area contributed by atoms with Gasteiger partial charge in [0.05, 0.1) is 11.7 Å². The lowest BCUT2D eigenvalue weighted by Gasteiger charge is -2.15. The third kappa shape index (κ3) is 2.49. The van der Waals surface area contributed by atoms with E-state index in [0.29, 0.717) is 0 Å². The molecule has 2 nitrogen and oxygen atoms in total. The quantitative estimate of drug-likeness (QED) is 0.932. The molecule has 0 aliphatic heterocycles. The van der Waals surface area contributed by atoms with Crippen molar-refractivity contribution in [2.24, 2.45) is 0 Å². The van der Waals surface area contributed by atoms with Crippen molar-refractivity contribution in [2.45, 2.75) is 6.04 Å². The van der Waals surface area contributed by atoms with E-state index in [1.807, 2.05) is 43.6 Å². The van der Waals surface area contributed by atoms with Crippen LogP contribution in [-0.4, -0.2) is 12.0 Å². The Bertz CT molecular complexity index is 439. The van der Waals surface area contributed by atoms with Crippen LogP contribution in [0.25, 0.3) is 0 Å². The van der Waals surface area contributed by atoms with Crippen LogP contribution in [0.3, 0.4) is 0 Å². The fourth-order valence-electron chi connectivity index (χ4n) is 1.69. The number of pyridine rings is 1. The predicted molar refractivity (Wildman–Crippen MR) is 69.3 cm³/mol. The highest BCUT2D eigenvalue weighted by Crippen LogP contribution is 2.20. The number of hydrogen-bond acceptors (Lipinski definition) is 2. The summed E-state index contributed by atoms with van der Waals surface area (Å²) >= 11 is 3.39. The predicted octanol–water partition coefficient (Wildman–Crippen LogP) is 3.15. The van der Waals surface area contributed by atoms with Gasteiger partial charge in [0.2, 0.25) is 0 Å². The summed E-state index contributed by atoms with van der Waals surface area (Å²) < 4.78 is 0.999. The number of hydrogen-bond donors (Lipinski definition) is 1. The first-order chi connectivity index (χ1) is 7.81. The summed E-state index contributed by atoms with van der Waals surface area (Å²) in [5.41, 5.74) is 2.25. The number of nitrogens with zero attached hydrogens (tertiary/aromatic N) is 1. The molecular formula is C13H13BrN2. The number of rotatable bonds is 3. The van der Waals surface area contributed by atoms with Gasteiger partial charge in [-0.1, -0.05) is 30.3 Å². The normalized spacial score (nSPS) is 12.4. The molecule has 0 saturated carbocycles. The van der Waals surface area contributed by atoms with Crippen molar-refractivity contribution in [3.63, 3.8) is 0 Å². The van der Waals surface area contributed by atoms with Gasteiger partial charge in [0, 0.05) is 10.7 Å². The topological polar surface area (TPSA) is 24.9 Å². The summed E-state index contributed by atoms with van der Waals surface area (Å²) in [5, 5.41) is 3.28. The van der Waals surface area contributed by atoms with Gasteiger partial charge in [-0.05, 0) is 40.7 Å². The molecule has 16 heavy (non-hydrogen) atoms. The monoisotopic (exact) mass is 276 g/mol. The Kier molecular flexibility index (Phi) is 3.70. The number of halogens is 1. The van der Waals surface area contributed by atoms with Crippen molar-refractivity contribution in [3.8, 4) is 0 Å². The summed E-state index contributed by atoms with van der Waals surface area (Å²) in [7, 11) is 1.95. The van der Waals surface area contributed by atoms with Crippen molar-refractivity contribution in [3.05, 3.63) is 64.4 Å². The van der Waals surface area contributed by atoms with Crippen LogP contribution in [0.5, 0.6) is 0 Å². The van der Waals surface area contributed by atoms with Crippen molar-refractivity contribution in [1.29, 1.82) is 0 Å². The van der Waals surface area contributed by atoms with Gasteiger partial charge < -0.3 is 5.32 Å². The van der Waals surface area contributed by atoms with Gasteiger partial charge in [-0.2, -0.15) is 0 Å². The highest BCUT2D eigenvalue weighted by molar-refractivity contribution is 9.10. The number of aromatic nitrogens is 1. The first kappa shape index (κ1) is 11.3. The largest absolute Gasteiger partial charge is 0.308 e. The third-order valence-electron chi connectivity index (χ3n) is 2.47. The van der Waals surface area contributed by atoms with Gasteiger partial charge in [0.1, 0.15) is 0 Å². The van der Waals surface area contributed by atoms with Crippen LogP contribution in [0.2, 0.25) is 0 Å². The third-order valence-corrected chi connectivity index (χ3v) is 2.94. The average molecular weight is 277 g/mol. The molecule has 0 aliphatic carbocycles. The Morgan fingerprint density at radius 1 is 1.12 bits per heavy atom. The highest BCUT2D eigenvalue weighted by atomic mass is 79.9. The molecule has 1 aromatic heterocycles. The zero-order valence-electron chi connectivity index (χ0n) is 9.02. The molecule has 1 heterocycles. The first-order valence-corrected chi connectivity index (χ1v) is 5.94. The minimum Gasteiger partial charge on any atom is -0.308 e. The van der Waals surface area contributed by atoms with Crippen LogP contribution >= 0.6 is 15.9 Å². The number of benzene rings is 1. The second kappa shape index (κ2) is 5.23. The summed E-state index contributed by atoms with van der Waals surface area (Å²) in [6.45, 7) is 0. The Morgan fingerprint density at radius 2 is 1.88 bits per heavy atom. The Balaban J connectivity index is 2.33. The Morgan fingerprint density at radius 3 is 2.44 bits per heavy atom. The van der Waals surface area contributed by atoms with E-state index >= 15 is 0 Å². The zero-order valence-corrected chi connectivity index (χ0v) is 10.6. The van der Waals surface area contributed by atoms with Gasteiger partial charge in [-0.3, -0.25) is 4.98 Å². The molecule has 0 radical (unpaired) electrons. The van der Waals surface area contributed by atoms with Gasteiger partial charge in [0.15, 0.2) is 0 Å². The standard InChI is InChI=1S/C13H13BrN2/c1-15-13(10-5-3-2-4-6-10)12-8-7-11(14)9-16-12/h2-9,13,15H,1H3. The molecule has 82 valence electrons. The summed E-state index contributed by atoms with van der Waals surface area (Å²) in [4.78, 5) is 4.42. The van der Waals surface area contributed by atoms with E-state index in [4.69, 9.17) is 0 Å². The first-order valence-electron chi connectivity index (χ1n) is 5.15. The molecule has 2 aromatic rings. The van der Waals surface area contributed by atoms with Crippen LogP contribution in [0, 0.1) is 0 Å². The van der Waals surface area contributed by atoms with Gasteiger partial charge in [0.25, 0.3) is 0 Å². The van der Waals surface area contributed by atoms with Crippen molar-refractivity contribution in [1.82, 2.24) is 10.3 Å². The molecule has 2 rings (SSSR count). The highest BCUT2D eigenvalue weighted by Gasteiger charge is 2.12. The molecular weight excluding hydrogens is 264 g/mol. The molecule has 1 unspecified atom stereocenters. The Labute approximate surface area is 104 Å². The van der Waals surface area contributed by atoms with E-state index in [1.165, 1.54) is 5.56 Å². The van der Waals surface area contributed by atoms with Crippen molar-refractivity contribution in [2.75, 3.05) is 7.05 Å². The Hall–Kier alpha value is -1.19. The maximum absolute atomic E-state index is 4.42. The molecule has 0 aliphatic rings. The lowest BCUT2D eigenvalue weighted by Crippen LogP contribution is -2.18. The fourth-order valence-corrected chi connectivity index (χ4v) is 1.92. The van der Waals surface area contributed by atoms with E-state index in [0.717, 1.165) is 10.2 Å². The maximum atomic E-state index is 4.42. The molecule has 3 heteroatoms. The summed E-state index contributed by atoms with van der Waals surface area (Å²) in [6.07, 6.45) is 1.82.